The molecule has 1 aliphatic rings. The first-order valence-corrected chi connectivity index (χ1v) is 8.35. The van der Waals surface area contributed by atoms with Crippen molar-refractivity contribution in [1.82, 2.24) is 0 Å². The van der Waals surface area contributed by atoms with E-state index in [1.54, 1.807) is 12.1 Å². The lowest BCUT2D eigenvalue weighted by molar-refractivity contribution is 0.297. The highest BCUT2D eigenvalue weighted by Crippen LogP contribution is 2.39. The SMILES string of the molecule is Fc1c(Br)cccc1C(Br)c1ccc2c(c1)OCCCO2. The van der Waals surface area contributed by atoms with Gasteiger partial charge in [0.1, 0.15) is 5.82 Å². The smallest absolute Gasteiger partial charge is 0.161 e. The van der Waals surface area contributed by atoms with Crippen molar-refractivity contribution in [2.75, 3.05) is 13.2 Å². The standard InChI is InChI=1S/C16H13Br2FO2/c17-12-4-1-3-11(16(12)19)15(18)10-5-6-13-14(9-10)21-8-2-7-20-13/h1,3-6,9,15H,2,7-8H2. The molecule has 0 aliphatic carbocycles. The molecule has 1 aliphatic heterocycles. The summed E-state index contributed by atoms with van der Waals surface area (Å²) in [6, 6.07) is 11.0. The van der Waals surface area contributed by atoms with Crippen LogP contribution in [0.2, 0.25) is 0 Å². The summed E-state index contributed by atoms with van der Waals surface area (Å²) >= 11 is 6.79. The molecule has 2 aromatic carbocycles. The zero-order valence-electron chi connectivity index (χ0n) is 11.1. The Morgan fingerprint density at radius 1 is 1.05 bits per heavy atom. The molecule has 0 N–H and O–H groups in total. The molecule has 1 unspecified atom stereocenters. The molecule has 1 atom stereocenters. The van der Waals surface area contributed by atoms with Gasteiger partial charge >= 0.3 is 0 Å². The van der Waals surface area contributed by atoms with Gasteiger partial charge in [-0.1, -0.05) is 34.1 Å². The fourth-order valence-electron chi connectivity index (χ4n) is 2.23. The van der Waals surface area contributed by atoms with Gasteiger partial charge < -0.3 is 9.47 Å². The van der Waals surface area contributed by atoms with E-state index in [2.05, 4.69) is 31.9 Å². The predicted molar refractivity (Wildman–Crippen MR) is 86.9 cm³/mol. The molecule has 0 aromatic heterocycles. The van der Waals surface area contributed by atoms with Gasteiger partial charge in [-0.3, -0.25) is 0 Å². The van der Waals surface area contributed by atoms with Gasteiger partial charge in [-0.05, 0) is 39.7 Å². The highest BCUT2D eigenvalue weighted by molar-refractivity contribution is 9.10. The van der Waals surface area contributed by atoms with Gasteiger partial charge in [0.05, 0.1) is 22.5 Å². The lowest BCUT2D eigenvalue weighted by Crippen LogP contribution is -1.99. The second-order valence-corrected chi connectivity index (χ2v) is 6.53. The maximum absolute atomic E-state index is 14.2. The molecule has 2 nitrogen and oxygen atoms in total. The molecule has 2 aromatic rings. The van der Waals surface area contributed by atoms with E-state index in [0.29, 0.717) is 29.0 Å². The Bertz CT molecular complexity index is 661. The molecular formula is C16H13Br2FO2. The van der Waals surface area contributed by atoms with Crippen molar-refractivity contribution in [3.8, 4) is 11.5 Å². The van der Waals surface area contributed by atoms with E-state index >= 15 is 0 Å². The minimum absolute atomic E-state index is 0.243. The molecule has 0 fully saturated rings. The van der Waals surface area contributed by atoms with Crippen molar-refractivity contribution in [2.24, 2.45) is 0 Å². The second kappa shape index (κ2) is 6.36. The van der Waals surface area contributed by atoms with Crippen molar-refractivity contribution in [3.05, 3.63) is 57.8 Å². The summed E-state index contributed by atoms with van der Waals surface area (Å²) < 4.78 is 26.0. The van der Waals surface area contributed by atoms with Crippen LogP contribution in [0.3, 0.4) is 0 Å². The van der Waals surface area contributed by atoms with E-state index in [1.165, 1.54) is 0 Å². The van der Waals surface area contributed by atoms with E-state index in [4.69, 9.17) is 9.47 Å². The van der Waals surface area contributed by atoms with Crippen LogP contribution in [-0.2, 0) is 0 Å². The summed E-state index contributed by atoms with van der Waals surface area (Å²) in [6.45, 7) is 1.29. The fraction of sp³-hybridized carbons (Fsp3) is 0.250. The Morgan fingerprint density at radius 2 is 1.81 bits per heavy atom. The molecule has 0 saturated carbocycles. The Balaban J connectivity index is 1.96. The third-order valence-electron chi connectivity index (χ3n) is 3.32. The average Bonchev–Trinajstić information content (AvgIpc) is 2.74. The molecular weight excluding hydrogens is 403 g/mol. The first-order chi connectivity index (χ1) is 10.2. The zero-order valence-corrected chi connectivity index (χ0v) is 14.3. The van der Waals surface area contributed by atoms with Crippen molar-refractivity contribution >= 4 is 31.9 Å². The van der Waals surface area contributed by atoms with Crippen LogP contribution in [0.1, 0.15) is 22.4 Å². The summed E-state index contributed by atoms with van der Waals surface area (Å²) in [5.74, 6) is 1.20. The van der Waals surface area contributed by atoms with Crippen LogP contribution in [0.25, 0.3) is 0 Å². The first kappa shape index (κ1) is 14.9. The molecule has 1 heterocycles. The van der Waals surface area contributed by atoms with E-state index < -0.39 is 0 Å². The monoisotopic (exact) mass is 414 g/mol. The van der Waals surface area contributed by atoms with Gasteiger partial charge in [0, 0.05) is 12.0 Å². The number of alkyl halides is 1. The normalized spacial score (nSPS) is 15.4. The summed E-state index contributed by atoms with van der Waals surface area (Å²) in [6.07, 6.45) is 0.863. The average molecular weight is 416 g/mol. The van der Waals surface area contributed by atoms with E-state index in [1.807, 2.05) is 24.3 Å². The third kappa shape index (κ3) is 3.09. The summed E-state index contributed by atoms with van der Waals surface area (Å²) in [4.78, 5) is -0.243. The van der Waals surface area contributed by atoms with Gasteiger partial charge in [0.25, 0.3) is 0 Å². The third-order valence-corrected chi connectivity index (χ3v) is 4.95. The van der Waals surface area contributed by atoms with Gasteiger partial charge in [-0.15, -0.1) is 0 Å². The van der Waals surface area contributed by atoms with E-state index in [-0.39, 0.29) is 10.6 Å². The van der Waals surface area contributed by atoms with E-state index in [9.17, 15) is 4.39 Å². The molecule has 0 saturated heterocycles. The quantitative estimate of drug-likeness (QED) is 0.625. The minimum atomic E-state index is -0.258. The van der Waals surface area contributed by atoms with Crippen molar-refractivity contribution in [1.29, 1.82) is 0 Å². The number of ether oxygens (including phenoxy) is 2. The minimum Gasteiger partial charge on any atom is -0.490 e. The lowest BCUT2D eigenvalue weighted by atomic mass is 10.0. The summed E-state index contributed by atoms with van der Waals surface area (Å²) in [5.41, 5.74) is 1.51. The number of hydrogen-bond acceptors (Lipinski definition) is 2. The molecule has 3 rings (SSSR count). The van der Waals surface area contributed by atoms with Gasteiger partial charge in [0.15, 0.2) is 11.5 Å². The molecule has 0 spiro atoms. The lowest BCUT2D eigenvalue weighted by Gasteiger charge is -2.15. The zero-order chi connectivity index (χ0) is 14.8. The largest absolute Gasteiger partial charge is 0.490 e. The van der Waals surface area contributed by atoms with E-state index in [0.717, 1.165) is 17.7 Å². The van der Waals surface area contributed by atoms with Crippen LogP contribution in [0, 0.1) is 5.82 Å². The highest BCUT2D eigenvalue weighted by atomic mass is 79.9. The number of hydrogen-bond donors (Lipinski definition) is 0. The van der Waals surface area contributed by atoms with Crippen LogP contribution in [0.15, 0.2) is 40.9 Å². The summed E-state index contributed by atoms with van der Waals surface area (Å²) in [5, 5.41) is 0. The molecule has 0 bridgehead atoms. The maximum Gasteiger partial charge on any atom is 0.161 e. The molecule has 5 heteroatoms. The Morgan fingerprint density at radius 3 is 2.62 bits per heavy atom. The first-order valence-electron chi connectivity index (χ1n) is 6.64. The Kier molecular flexibility index (Phi) is 4.50. The topological polar surface area (TPSA) is 18.5 Å². The van der Waals surface area contributed by atoms with Crippen LogP contribution >= 0.6 is 31.9 Å². The number of benzene rings is 2. The van der Waals surface area contributed by atoms with Crippen LogP contribution < -0.4 is 9.47 Å². The van der Waals surface area contributed by atoms with Crippen LogP contribution in [0.4, 0.5) is 4.39 Å². The van der Waals surface area contributed by atoms with Gasteiger partial charge in [-0.2, -0.15) is 0 Å². The number of halogens is 3. The van der Waals surface area contributed by atoms with Crippen LogP contribution in [-0.4, -0.2) is 13.2 Å². The molecule has 0 amide bonds. The Labute approximate surface area is 139 Å². The number of rotatable bonds is 2. The van der Waals surface area contributed by atoms with Gasteiger partial charge in [-0.25, -0.2) is 4.39 Å². The molecule has 21 heavy (non-hydrogen) atoms. The highest BCUT2D eigenvalue weighted by Gasteiger charge is 2.19. The Hall–Kier alpha value is -1.07. The van der Waals surface area contributed by atoms with Gasteiger partial charge in [0.2, 0.25) is 0 Å². The fourth-order valence-corrected chi connectivity index (χ4v) is 3.25. The second-order valence-electron chi connectivity index (χ2n) is 4.76. The molecule has 110 valence electrons. The molecule has 0 radical (unpaired) electrons. The maximum atomic E-state index is 14.2. The van der Waals surface area contributed by atoms with Crippen molar-refractivity contribution in [3.63, 3.8) is 0 Å². The summed E-state index contributed by atoms with van der Waals surface area (Å²) in [7, 11) is 0. The van der Waals surface area contributed by atoms with Crippen molar-refractivity contribution < 1.29 is 13.9 Å². The van der Waals surface area contributed by atoms with Crippen LogP contribution in [0.5, 0.6) is 11.5 Å². The van der Waals surface area contributed by atoms with Crippen molar-refractivity contribution in [2.45, 2.75) is 11.2 Å². The predicted octanol–water partition coefficient (Wildman–Crippen LogP) is 5.23. The number of fused-ring (bicyclic) bond motifs is 1.